The van der Waals surface area contributed by atoms with Crippen LogP contribution in [0.25, 0.3) is 0 Å². The first-order valence-corrected chi connectivity index (χ1v) is 10.4. The van der Waals surface area contributed by atoms with Crippen molar-refractivity contribution in [3.63, 3.8) is 0 Å². The summed E-state index contributed by atoms with van der Waals surface area (Å²) >= 11 is 7.60. The minimum Gasteiger partial charge on any atom is -0.455 e. The number of carbonyl (C=O) groups excluding carboxylic acids is 1. The van der Waals surface area contributed by atoms with Crippen molar-refractivity contribution in [2.75, 3.05) is 10.6 Å². The van der Waals surface area contributed by atoms with Gasteiger partial charge in [-0.15, -0.1) is 11.3 Å². The van der Waals surface area contributed by atoms with E-state index in [-0.39, 0.29) is 11.9 Å². The maximum atomic E-state index is 12.6. The van der Waals surface area contributed by atoms with Crippen molar-refractivity contribution in [1.29, 1.82) is 0 Å². The molecule has 2 N–H and O–H groups in total. The highest BCUT2D eigenvalue weighted by molar-refractivity contribution is 7.10. The number of hydrogen-bond acceptors (Lipinski definition) is 6. The van der Waals surface area contributed by atoms with Gasteiger partial charge in [0.15, 0.2) is 5.75 Å². The van der Waals surface area contributed by atoms with Crippen LogP contribution in [-0.4, -0.2) is 15.9 Å². The van der Waals surface area contributed by atoms with Gasteiger partial charge in [-0.25, -0.2) is 4.98 Å². The van der Waals surface area contributed by atoms with Gasteiger partial charge in [-0.3, -0.25) is 9.78 Å². The average Bonchev–Trinajstić information content (AvgIpc) is 3.19. The maximum Gasteiger partial charge on any atom is 0.275 e. The number of carbonyl (C=O) groups is 1. The fourth-order valence-corrected chi connectivity index (χ4v) is 4.25. The molecule has 0 bridgehead atoms. The Bertz CT molecular complexity index is 1230. The Balaban J connectivity index is 1.49. The lowest BCUT2D eigenvalue weighted by atomic mass is 10.1. The zero-order valence-electron chi connectivity index (χ0n) is 15.5. The summed E-state index contributed by atoms with van der Waals surface area (Å²) in [6.45, 7) is 0. The number of fused-ring (bicyclic) bond motifs is 2. The molecule has 0 saturated heterocycles. The van der Waals surface area contributed by atoms with E-state index in [9.17, 15) is 4.79 Å². The van der Waals surface area contributed by atoms with Crippen molar-refractivity contribution in [3.05, 3.63) is 93.7 Å². The molecular formula is C22H15ClN4O2S. The smallest absolute Gasteiger partial charge is 0.275 e. The fraction of sp³-hybridized carbons (Fsp3) is 0.0455. The molecule has 0 fully saturated rings. The molecule has 3 heterocycles. The Morgan fingerprint density at radius 2 is 1.93 bits per heavy atom. The van der Waals surface area contributed by atoms with Crippen molar-refractivity contribution < 1.29 is 9.53 Å². The summed E-state index contributed by atoms with van der Waals surface area (Å²) in [4.78, 5) is 21.2. The van der Waals surface area contributed by atoms with E-state index >= 15 is 0 Å². The van der Waals surface area contributed by atoms with Crippen molar-refractivity contribution in [2.24, 2.45) is 0 Å². The number of thiazole rings is 1. The van der Waals surface area contributed by atoms with Gasteiger partial charge in [0.05, 0.1) is 5.69 Å². The van der Waals surface area contributed by atoms with Gasteiger partial charge in [0.25, 0.3) is 5.91 Å². The molecule has 0 aliphatic carbocycles. The van der Waals surface area contributed by atoms with Crippen LogP contribution in [0.5, 0.6) is 11.5 Å². The van der Waals surface area contributed by atoms with Gasteiger partial charge in [0, 0.05) is 34.0 Å². The Morgan fingerprint density at radius 3 is 2.80 bits per heavy atom. The maximum absolute atomic E-state index is 12.6. The minimum absolute atomic E-state index is 0.273. The Kier molecular flexibility index (Phi) is 4.82. The molecule has 5 rings (SSSR count). The van der Waals surface area contributed by atoms with Gasteiger partial charge in [-0.2, -0.15) is 0 Å². The second-order valence-corrected chi connectivity index (χ2v) is 7.94. The molecule has 1 aliphatic heterocycles. The van der Waals surface area contributed by atoms with Crippen LogP contribution in [0.2, 0.25) is 5.02 Å². The number of anilines is 2. The van der Waals surface area contributed by atoms with Gasteiger partial charge in [0.1, 0.15) is 22.5 Å². The molecule has 1 amide bonds. The Morgan fingerprint density at radius 1 is 1.10 bits per heavy atom. The summed E-state index contributed by atoms with van der Waals surface area (Å²) < 4.78 is 6.11. The zero-order chi connectivity index (χ0) is 20.5. The van der Waals surface area contributed by atoms with Gasteiger partial charge in [-0.1, -0.05) is 29.8 Å². The third-order valence-corrected chi connectivity index (χ3v) is 5.78. The van der Waals surface area contributed by atoms with Crippen LogP contribution in [0.4, 0.5) is 11.4 Å². The predicted molar refractivity (Wildman–Crippen MR) is 118 cm³/mol. The third-order valence-electron chi connectivity index (χ3n) is 4.63. The van der Waals surface area contributed by atoms with E-state index in [1.54, 1.807) is 36.0 Å². The van der Waals surface area contributed by atoms with E-state index in [2.05, 4.69) is 20.6 Å². The first-order valence-electron chi connectivity index (χ1n) is 9.17. The lowest BCUT2D eigenvalue weighted by molar-refractivity contribution is 0.102. The summed E-state index contributed by atoms with van der Waals surface area (Å²) in [6.07, 6.45) is 3.24. The first-order chi connectivity index (χ1) is 14.7. The standard InChI is InChI=1S/C22H15ClN4O2S/c23-13-5-6-19-16(11-13)26-20(15-3-1-2-4-18(15)29-19)22-27-17(12-30-22)21(28)25-14-7-9-24-10-8-14/h1-12,20,26H,(H,24,25,28). The molecule has 0 spiro atoms. The highest BCUT2D eigenvalue weighted by Gasteiger charge is 2.27. The molecule has 1 atom stereocenters. The second kappa shape index (κ2) is 7.78. The molecule has 148 valence electrons. The van der Waals surface area contributed by atoms with Crippen molar-refractivity contribution in [3.8, 4) is 11.5 Å². The van der Waals surface area contributed by atoms with Crippen LogP contribution in [-0.2, 0) is 0 Å². The molecule has 6 nitrogen and oxygen atoms in total. The first kappa shape index (κ1) is 18.6. The minimum atomic E-state index is -0.284. The van der Waals surface area contributed by atoms with Gasteiger partial charge in [-0.05, 0) is 36.4 Å². The summed E-state index contributed by atoms with van der Waals surface area (Å²) in [7, 11) is 0. The molecule has 1 unspecified atom stereocenters. The summed E-state index contributed by atoms with van der Waals surface area (Å²) in [5.41, 5.74) is 2.71. The number of nitrogens with zero attached hydrogens (tertiary/aromatic N) is 2. The molecule has 2 aromatic carbocycles. The highest BCUT2D eigenvalue weighted by Crippen LogP contribution is 2.43. The summed E-state index contributed by atoms with van der Waals surface area (Å²) in [5.74, 6) is 1.14. The third kappa shape index (κ3) is 3.60. The molecule has 0 radical (unpaired) electrons. The molecule has 4 aromatic rings. The largest absolute Gasteiger partial charge is 0.455 e. The number of hydrogen-bond donors (Lipinski definition) is 2. The normalized spacial score (nSPS) is 14.5. The van der Waals surface area contributed by atoms with Crippen molar-refractivity contribution >= 4 is 40.2 Å². The second-order valence-electron chi connectivity index (χ2n) is 6.62. The van der Waals surface area contributed by atoms with Crippen LogP contribution >= 0.6 is 22.9 Å². The van der Waals surface area contributed by atoms with Crippen molar-refractivity contribution in [1.82, 2.24) is 9.97 Å². The quantitative estimate of drug-likeness (QED) is 0.429. The lowest BCUT2D eigenvalue weighted by Crippen LogP contribution is -2.14. The van der Waals surface area contributed by atoms with Crippen LogP contribution in [0.3, 0.4) is 0 Å². The lowest BCUT2D eigenvalue weighted by Gasteiger charge is -2.16. The number of aromatic nitrogens is 2. The topological polar surface area (TPSA) is 76.1 Å². The Hall–Kier alpha value is -3.42. The number of para-hydroxylation sites is 1. The average molecular weight is 435 g/mol. The molecule has 0 saturated carbocycles. The number of benzene rings is 2. The fourth-order valence-electron chi connectivity index (χ4n) is 3.22. The molecule has 30 heavy (non-hydrogen) atoms. The van der Waals surface area contributed by atoms with Crippen LogP contribution in [0.15, 0.2) is 72.4 Å². The summed E-state index contributed by atoms with van der Waals surface area (Å²) in [5, 5.41) is 9.41. The van der Waals surface area contributed by atoms with Gasteiger partial charge < -0.3 is 15.4 Å². The summed E-state index contributed by atoms with van der Waals surface area (Å²) in [6, 6.07) is 16.4. The Labute approximate surface area is 181 Å². The number of nitrogens with one attached hydrogen (secondary N) is 2. The zero-order valence-corrected chi connectivity index (χ0v) is 17.1. The van der Waals surface area contributed by atoms with E-state index in [0.717, 1.165) is 22.0 Å². The van der Waals surface area contributed by atoms with Crippen molar-refractivity contribution in [2.45, 2.75) is 6.04 Å². The van der Waals surface area contributed by atoms with E-state index in [1.165, 1.54) is 11.3 Å². The number of ether oxygens (including phenoxy) is 1. The SMILES string of the molecule is O=C(Nc1ccncc1)c1csc(C2Nc3cc(Cl)ccc3Oc3ccccc32)n1. The van der Waals surface area contributed by atoms with E-state index < -0.39 is 0 Å². The number of rotatable bonds is 3. The highest BCUT2D eigenvalue weighted by atomic mass is 35.5. The van der Waals surface area contributed by atoms with Crippen LogP contribution in [0.1, 0.15) is 27.1 Å². The predicted octanol–water partition coefficient (Wildman–Crippen LogP) is 5.75. The van der Waals surface area contributed by atoms with Gasteiger partial charge >= 0.3 is 0 Å². The van der Waals surface area contributed by atoms with E-state index in [4.69, 9.17) is 16.3 Å². The number of halogens is 1. The molecular weight excluding hydrogens is 420 g/mol. The van der Waals surface area contributed by atoms with Crippen LogP contribution in [0, 0.1) is 0 Å². The molecule has 2 aromatic heterocycles. The van der Waals surface area contributed by atoms with E-state index in [0.29, 0.717) is 22.2 Å². The van der Waals surface area contributed by atoms with Gasteiger partial charge in [0.2, 0.25) is 0 Å². The van der Waals surface area contributed by atoms with E-state index in [1.807, 2.05) is 36.4 Å². The molecule has 1 aliphatic rings. The van der Waals surface area contributed by atoms with Crippen LogP contribution < -0.4 is 15.4 Å². The number of amides is 1. The monoisotopic (exact) mass is 434 g/mol. The number of pyridine rings is 1. The molecule has 8 heteroatoms.